The van der Waals surface area contributed by atoms with Crippen LogP contribution in [0.1, 0.15) is 41.9 Å². The maximum atomic E-state index is 13.3. The molecule has 0 spiro atoms. The largest absolute Gasteiger partial charge is 0.396 e. The number of hydrogen-bond acceptors (Lipinski definition) is 5. The second-order valence-electron chi connectivity index (χ2n) is 7.94. The van der Waals surface area contributed by atoms with Crippen LogP contribution in [0.2, 0.25) is 0 Å². The van der Waals surface area contributed by atoms with Crippen molar-refractivity contribution in [1.82, 2.24) is 24.7 Å². The van der Waals surface area contributed by atoms with Gasteiger partial charge in [-0.3, -0.25) is 19.6 Å². The fourth-order valence-electron chi connectivity index (χ4n) is 3.71. The molecular weight excluding hydrogens is 405 g/mol. The minimum atomic E-state index is -0.231. The number of aromatic nitrogens is 5. The Hall–Kier alpha value is -3.45. The Morgan fingerprint density at radius 1 is 1.00 bits per heavy atom. The summed E-state index contributed by atoms with van der Waals surface area (Å²) in [6.07, 6.45) is 10.9. The van der Waals surface area contributed by atoms with Crippen LogP contribution in [0.25, 0.3) is 11.1 Å². The summed E-state index contributed by atoms with van der Waals surface area (Å²) in [5.41, 5.74) is 5.84. The molecule has 0 amide bonds. The zero-order valence-electron chi connectivity index (χ0n) is 18.0. The summed E-state index contributed by atoms with van der Waals surface area (Å²) in [4.78, 5) is 13.4. The van der Waals surface area contributed by atoms with Crippen LogP contribution in [0.5, 0.6) is 0 Å². The minimum Gasteiger partial charge on any atom is -0.396 e. The lowest BCUT2D eigenvalue weighted by molar-refractivity contribution is 0.277. The van der Waals surface area contributed by atoms with E-state index in [1.165, 1.54) is 12.1 Å². The van der Waals surface area contributed by atoms with Crippen LogP contribution in [0.15, 0.2) is 67.4 Å². The van der Waals surface area contributed by atoms with Crippen LogP contribution >= 0.6 is 0 Å². The van der Waals surface area contributed by atoms with E-state index in [1.807, 2.05) is 29.2 Å². The number of nitrogens with zero attached hydrogens (tertiary/aromatic N) is 5. The van der Waals surface area contributed by atoms with E-state index in [0.717, 1.165) is 40.2 Å². The molecule has 0 bridgehead atoms. The number of aliphatic hydroxyl groups is 1. The Balaban J connectivity index is 1.63. The number of aliphatic hydroxyl groups excluding tert-OH is 1. The lowest BCUT2D eigenvalue weighted by atomic mass is 9.94. The fourth-order valence-corrected chi connectivity index (χ4v) is 3.71. The monoisotopic (exact) mass is 431 g/mol. The number of halogens is 1. The first-order chi connectivity index (χ1) is 15.6. The Morgan fingerprint density at radius 2 is 1.81 bits per heavy atom. The van der Waals surface area contributed by atoms with Crippen LogP contribution in [0.3, 0.4) is 0 Å². The number of benzene rings is 1. The van der Waals surface area contributed by atoms with E-state index in [2.05, 4.69) is 34.1 Å². The third-order valence-corrected chi connectivity index (χ3v) is 5.38. The molecule has 3 heterocycles. The molecule has 7 heteroatoms. The molecule has 1 aromatic carbocycles. The summed E-state index contributed by atoms with van der Waals surface area (Å²) in [6.45, 7) is 2.93. The molecular formula is C25H26FN5O. The molecule has 0 aliphatic rings. The molecule has 1 N–H and O–H groups in total. The zero-order chi connectivity index (χ0) is 22.3. The number of rotatable bonds is 9. The second kappa shape index (κ2) is 10.2. The quantitative estimate of drug-likeness (QED) is 0.430. The highest BCUT2D eigenvalue weighted by atomic mass is 19.1. The molecule has 0 unspecified atom stereocenters. The summed E-state index contributed by atoms with van der Waals surface area (Å²) in [6, 6.07) is 10.8. The van der Waals surface area contributed by atoms with Crippen molar-refractivity contribution in [2.75, 3.05) is 6.61 Å². The van der Waals surface area contributed by atoms with Crippen molar-refractivity contribution in [3.8, 4) is 11.1 Å². The average molecular weight is 432 g/mol. The standard InChI is InChI=1S/C25H26FN5O/c1-18(19-3-5-22(26)6-4-19)11-23-12-20(21-15-29-31(17-21)9-2-10-32)13-24(30-23)14-25-16-27-7-8-28-25/h3-8,12-13,15-18,32H,2,9-11,14H2,1H3/t18-/m1/s1. The molecule has 0 aliphatic carbocycles. The smallest absolute Gasteiger partial charge is 0.123 e. The number of hydrogen-bond donors (Lipinski definition) is 1. The van der Waals surface area contributed by atoms with E-state index in [4.69, 9.17) is 10.1 Å². The fraction of sp³-hybridized carbons (Fsp3) is 0.280. The molecule has 0 fully saturated rings. The van der Waals surface area contributed by atoms with Crippen LogP contribution in [-0.4, -0.2) is 36.4 Å². The second-order valence-corrected chi connectivity index (χ2v) is 7.94. The van der Waals surface area contributed by atoms with Gasteiger partial charge in [0.15, 0.2) is 0 Å². The summed E-state index contributed by atoms with van der Waals surface area (Å²) in [7, 11) is 0. The van der Waals surface area contributed by atoms with Crippen LogP contribution in [0.4, 0.5) is 4.39 Å². The van der Waals surface area contributed by atoms with Gasteiger partial charge < -0.3 is 5.11 Å². The first-order valence-corrected chi connectivity index (χ1v) is 10.7. The maximum Gasteiger partial charge on any atom is 0.123 e. The van der Waals surface area contributed by atoms with Gasteiger partial charge in [-0.25, -0.2) is 4.39 Å². The van der Waals surface area contributed by atoms with E-state index in [9.17, 15) is 4.39 Å². The minimum absolute atomic E-state index is 0.137. The highest BCUT2D eigenvalue weighted by Crippen LogP contribution is 2.25. The Morgan fingerprint density at radius 3 is 2.56 bits per heavy atom. The van der Waals surface area contributed by atoms with Gasteiger partial charge in [0.25, 0.3) is 0 Å². The summed E-state index contributed by atoms with van der Waals surface area (Å²) in [5.74, 6) is -0.0412. The first kappa shape index (κ1) is 21.8. The average Bonchev–Trinajstić information content (AvgIpc) is 3.28. The zero-order valence-corrected chi connectivity index (χ0v) is 18.0. The van der Waals surface area contributed by atoms with Crippen molar-refractivity contribution in [1.29, 1.82) is 0 Å². The van der Waals surface area contributed by atoms with Gasteiger partial charge in [0.05, 0.1) is 11.9 Å². The predicted molar refractivity (Wildman–Crippen MR) is 121 cm³/mol. The molecule has 3 aromatic heterocycles. The third-order valence-electron chi connectivity index (χ3n) is 5.38. The van der Waals surface area contributed by atoms with Crippen molar-refractivity contribution in [2.45, 2.75) is 38.6 Å². The molecule has 4 aromatic rings. The van der Waals surface area contributed by atoms with Gasteiger partial charge in [0.1, 0.15) is 5.82 Å². The van der Waals surface area contributed by atoms with Crippen LogP contribution in [-0.2, 0) is 19.4 Å². The number of pyridine rings is 1. The first-order valence-electron chi connectivity index (χ1n) is 10.7. The van der Waals surface area contributed by atoms with E-state index < -0.39 is 0 Å². The Kier molecular flexibility index (Phi) is 6.97. The van der Waals surface area contributed by atoms with Crippen molar-refractivity contribution >= 4 is 0 Å². The highest BCUT2D eigenvalue weighted by Gasteiger charge is 2.13. The van der Waals surface area contributed by atoms with Gasteiger partial charge in [-0.05, 0) is 54.2 Å². The van der Waals surface area contributed by atoms with Crippen molar-refractivity contribution in [2.24, 2.45) is 0 Å². The molecule has 0 radical (unpaired) electrons. The van der Waals surface area contributed by atoms with Gasteiger partial charge in [-0.15, -0.1) is 0 Å². The lowest BCUT2D eigenvalue weighted by Crippen LogP contribution is -2.04. The normalized spacial score (nSPS) is 12.1. The molecule has 0 aliphatic heterocycles. The van der Waals surface area contributed by atoms with Crippen molar-refractivity contribution < 1.29 is 9.50 Å². The molecule has 0 saturated carbocycles. The highest BCUT2D eigenvalue weighted by molar-refractivity contribution is 5.62. The van der Waals surface area contributed by atoms with Crippen molar-refractivity contribution in [3.05, 3.63) is 95.8 Å². The summed E-state index contributed by atoms with van der Waals surface area (Å²) < 4.78 is 15.2. The van der Waals surface area contributed by atoms with E-state index in [1.54, 1.807) is 18.6 Å². The summed E-state index contributed by atoms with van der Waals surface area (Å²) >= 11 is 0. The predicted octanol–water partition coefficient (Wildman–Crippen LogP) is 4.19. The van der Waals surface area contributed by atoms with Gasteiger partial charge in [-0.2, -0.15) is 5.10 Å². The molecule has 6 nitrogen and oxygen atoms in total. The van der Waals surface area contributed by atoms with E-state index in [-0.39, 0.29) is 18.3 Å². The Labute approximate surface area is 186 Å². The van der Waals surface area contributed by atoms with Gasteiger partial charge >= 0.3 is 0 Å². The SMILES string of the molecule is C[C@H](Cc1cc(-c2cnn(CCCO)c2)cc(Cc2cnccn2)n1)c1ccc(F)cc1. The van der Waals surface area contributed by atoms with Crippen molar-refractivity contribution in [3.63, 3.8) is 0 Å². The molecule has 4 rings (SSSR count). The van der Waals surface area contributed by atoms with E-state index in [0.29, 0.717) is 19.4 Å². The molecule has 32 heavy (non-hydrogen) atoms. The Bertz CT molecular complexity index is 1140. The maximum absolute atomic E-state index is 13.3. The lowest BCUT2D eigenvalue weighted by Gasteiger charge is -2.14. The van der Waals surface area contributed by atoms with Crippen LogP contribution < -0.4 is 0 Å². The van der Waals surface area contributed by atoms with Crippen LogP contribution in [0, 0.1) is 5.82 Å². The van der Waals surface area contributed by atoms with E-state index >= 15 is 0 Å². The number of aryl methyl sites for hydroxylation is 1. The molecule has 0 saturated heterocycles. The third kappa shape index (κ3) is 5.62. The topological polar surface area (TPSA) is 76.7 Å². The molecule has 1 atom stereocenters. The summed E-state index contributed by atoms with van der Waals surface area (Å²) in [5, 5.41) is 13.5. The molecule has 164 valence electrons. The van der Waals surface area contributed by atoms with Gasteiger partial charge in [0, 0.05) is 61.3 Å². The van der Waals surface area contributed by atoms with Gasteiger partial charge in [0.2, 0.25) is 0 Å². The van der Waals surface area contributed by atoms with Gasteiger partial charge in [-0.1, -0.05) is 19.1 Å².